The maximum Gasteiger partial charge on any atom is 0.409 e. The third-order valence-electron chi connectivity index (χ3n) is 6.14. The van der Waals surface area contributed by atoms with Crippen LogP contribution in [-0.2, 0) is 18.9 Å². The minimum atomic E-state index is -0.767. The Morgan fingerprint density at radius 1 is 1.24 bits per heavy atom. The van der Waals surface area contributed by atoms with Crippen molar-refractivity contribution in [3.8, 4) is 11.5 Å². The fourth-order valence-corrected chi connectivity index (χ4v) is 4.58. The molecule has 1 saturated heterocycles. The van der Waals surface area contributed by atoms with E-state index in [4.69, 9.17) is 28.4 Å². The maximum atomic E-state index is 12.7. The highest BCUT2D eigenvalue weighted by molar-refractivity contribution is 5.97. The highest BCUT2D eigenvalue weighted by atomic mass is 16.8. The molecule has 1 aliphatic carbocycles. The minimum Gasteiger partial charge on any atom is -0.465 e. The third-order valence-corrected chi connectivity index (χ3v) is 6.14. The number of methoxy groups -OCH3 is 1. The van der Waals surface area contributed by atoms with Gasteiger partial charge in [-0.2, -0.15) is 0 Å². The molecule has 1 aromatic carbocycles. The van der Waals surface area contributed by atoms with Gasteiger partial charge >= 0.3 is 12.1 Å². The summed E-state index contributed by atoms with van der Waals surface area (Å²) in [5.74, 6) is -0.103. The van der Waals surface area contributed by atoms with Gasteiger partial charge in [0, 0.05) is 13.6 Å². The van der Waals surface area contributed by atoms with Crippen LogP contribution in [0.1, 0.15) is 42.6 Å². The molecule has 3 atom stereocenters. The van der Waals surface area contributed by atoms with Crippen molar-refractivity contribution in [1.82, 2.24) is 4.90 Å². The number of fused-ring (bicyclic) bond motifs is 2. The van der Waals surface area contributed by atoms with Crippen molar-refractivity contribution in [1.29, 1.82) is 0 Å². The zero-order chi connectivity index (χ0) is 24.5. The number of carbonyl (C=O) groups is 2. The van der Waals surface area contributed by atoms with Crippen LogP contribution in [0.4, 0.5) is 4.79 Å². The molecule has 4 rings (SSSR count). The van der Waals surface area contributed by atoms with E-state index in [9.17, 15) is 9.59 Å². The van der Waals surface area contributed by atoms with Crippen LogP contribution < -0.4 is 9.47 Å². The molecule has 0 N–H and O–H groups in total. The number of hydrogen-bond donors (Lipinski definition) is 0. The first-order chi connectivity index (χ1) is 16.2. The summed E-state index contributed by atoms with van der Waals surface area (Å²) in [4.78, 5) is 26.3. The lowest BCUT2D eigenvalue weighted by Crippen LogP contribution is -2.34. The van der Waals surface area contributed by atoms with Crippen molar-refractivity contribution < 1.29 is 38.0 Å². The second kappa shape index (κ2) is 9.68. The van der Waals surface area contributed by atoms with E-state index in [1.165, 1.54) is 13.2 Å². The van der Waals surface area contributed by atoms with Crippen LogP contribution in [-0.4, -0.2) is 69.1 Å². The van der Waals surface area contributed by atoms with Gasteiger partial charge in [0.2, 0.25) is 6.79 Å². The molecule has 2 aliphatic heterocycles. The molecule has 1 fully saturated rings. The van der Waals surface area contributed by atoms with E-state index < -0.39 is 17.8 Å². The van der Waals surface area contributed by atoms with Crippen LogP contribution in [0.5, 0.6) is 11.5 Å². The maximum absolute atomic E-state index is 12.7. The summed E-state index contributed by atoms with van der Waals surface area (Å²) in [6.07, 6.45) is 4.10. The molecule has 1 aromatic rings. The summed E-state index contributed by atoms with van der Waals surface area (Å²) in [7, 11) is 3.05. The number of hydrogen-bond acceptors (Lipinski definition) is 8. The molecule has 34 heavy (non-hydrogen) atoms. The highest BCUT2D eigenvalue weighted by Crippen LogP contribution is 2.46. The smallest absolute Gasteiger partial charge is 0.409 e. The van der Waals surface area contributed by atoms with E-state index in [1.54, 1.807) is 24.1 Å². The topological polar surface area (TPSA) is 92.8 Å². The lowest BCUT2D eigenvalue weighted by atomic mass is 9.80. The van der Waals surface area contributed by atoms with Gasteiger partial charge in [0.25, 0.3) is 0 Å². The Labute approximate surface area is 199 Å². The molecule has 0 spiro atoms. The van der Waals surface area contributed by atoms with Crippen LogP contribution >= 0.6 is 0 Å². The normalized spacial score (nSPS) is 24.1. The molecule has 0 saturated carbocycles. The minimum absolute atomic E-state index is 0.0827. The first-order valence-corrected chi connectivity index (χ1v) is 11.3. The Hall–Kier alpha value is -3.04. The molecular weight excluding hydrogens is 442 g/mol. The summed E-state index contributed by atoms with van der Waals surface area (Å²) >= 11 is 0. The van der Waals surface area contributed by atoms with E-state index >= 15 is 0 Å². The van der Waals surface area contributed by atoms with Gasteiger partial charge in [-0.3, -0.25) is 0 Å². The van der Waals surface area contributed by atoms with Gasteiger partial charge in [-0.1, -0.05) is 18.7 Å². The number of amides is 1. The molecule has 2 heterocycles. The number of esters is 1. The van der Waals surface area contributed by atoms with E-state index in [-0.39, 0.29) is 31.5 Å². The van der Waals surface area contributed by atoms with Crippen molar-refractivity contribution in [2.24, 2.45) is 5.92 Å². The van der Waals surface area contributed by atoms with Gasteiger partial charge in [-0.25, -0.2) is 9.59 Å². The Balaban J connectivity index is 1.65. The van der Waals surface area contributed by atoms with Crippen LogP contribution in [0.3, 0.4) is 0 Å². The monoisotopic (exact) mass is 473 g/mol. The van der Waals surface area contributed by atoms with Gasteiger partial charge in [-0.05, 0) is 55.9 Å². The van der Waals surface area contributed by atoms with Crippen molar-refractivity contribution in [3.63, 3.8) is 0 Å². The molecule has 0 unspecified atom stereocenters. The van der Waals surface area contributed by atoms with Gasteiger partial charge in [0.05, 0.1) is 18.8 Å². The summed E-state index contributed by atoms with van der Waals surface area (Å²) in [6, 6.07) is 3.45. The molecule has 0 bridgehead atoms. The van der Waals surface area contributed by atoms with E-state index in [0.717, 1.165) is 12.0 Å². The van der Waals surface area contributed by atoms with Crippen LogP contribution in [0, 0.1) is 5.92 Å². The van der Waals surface area contributed by atoms with Gasteiger partial charge in [0.15, 0.2) is 17.3 Å². The zero-order valence-electron chi connectivity index (χ0n) is 20.0. The summed E-state index contributed by atoms with van der Waals surface area (Å²) in [5.41, 5.74) is 1.87. The second-order valence-corrected chi connectivity index (χ2v) is 9.03. The van der Waals surface area contributed by atoms with E-state index in [2.05, 4.69) is 12.7 Å². The van der Waals surface area contributed by atoms with Crippen LogP contribution in [0.15, 0.2) is 30.9 Å². The van der Waals surface area contributed by atoms with Gasteiger partial charge in [-0.15, -0.1) is 0 Å². The Morgan fingerprint density at radius 2 is 1.97 bits per heavy atom. The largest absolute Gasteiger partial charge is 0.465 e. The highest BCUT2D eigenvalue weighted by Gasteiger charge is 2.47. The molecule has 3 aliphatic rings. The second-order valence-electron chi connectivity index (χ2n) is 9.03. The average molecular weight is 474 g/mol. The molecule has 9 heteroatoms. The molecule has 1 amide bonds. The van der Waals surface area contributed by atoms with Crippen molar-refractivity contribution in [2.75, 3.05) is 34.1 Å². The standard InChI is InChI=1S/C25H31NO8/c1-6-9-30-24(28)26(4)8-7-15-10-17(22-21(11-15)33-25(2,3)34-22)16-12-19-20(32-14-31-19)13-18(16)23(27)29-5/h6,10,12-13,15,21-22H,1,7-9,11,14H2,2-5H3/t15-,21-,22+/m0/s1. The fraction of sp³-hybridized carbons (Fsp3) is 0.520. The number of nitrogens with zero attached hydrogens (tertiary/aromatic N) is 1. The molecule has 9 nitrogen and oxygen atoms in total. The van der Waals surface area contributed by atoms with Crippen LogP contribution in [0.2, 0.25) is 0 Å². The molecule has 0 aromatic heterocycles. The Morgan fingerprint density at radius 3 is 2.68 bits per heavy atom. The van der Waals surface area contributed by atoms with Crippen LogP contribution in [0.25, 0.3) is 5.57 Å². The zero-order valence-corrected chi connectivity index (χ0v) is 20.0. The van der Waals surface area contributed by atoms with Crippen molar-refractivity contribution >= 4 is 17.6 Å². The lowest BCUT2D eigenvalue weighted by Gasteiger charge is -2.31. The summed E-state index contributed by atoms with van der Waals surface area (Å²) in [5, 5.41) is 0. The number of carbonyl (C=O) groups excluding carboxylic acids is 2. The predicted molar refractivity (Wildman–Crippen MR) is 123 cm³/mol. The van der Waals surface area contributed by atoms with Crippen molar-refractivity contribution in [3.05, 3.63) is 42.0 Å². The predicted octanol–water partition coefficient (Wildman–Crippen LogP) is 3.77. The van der Waals surface area contributed by atoms with E-state index in [1.807, 2.05) is 13.8 Å². The lowest BCUT2D eigenvalue weighted by molar-refractivity contribution is -0.143. The average Bonchev–Trinajstić information content (AvgIpc) is 3.40. The van der Waals surface area contributed by atoms with E-state index in [0.29, 0.717) is 35.6 Å². The molecule has 184 valence electrons. The Bertz CT molecular complexity index is 1000. The Kier molecular flexibility index (Phi) is 6.86. The first-order valence-electron chi connectivity index (χ1n) is 11.3. The SMILES string of the molecule is C=CCOC(=O)N(C)CC[C@H]1C=C(c2cc3c(cc2C(=O)OC)OCO3)[C@H]2OC(C)(C)O[C@H]2C1. The summed E-state index contributed by atoms with van der Waals surface area (Å²) in [6.45, 7) is 8.07. The molecular formula is C25H31NO8. The number of ether oxygens (including phenoxy) is 6. The van der Waals surface area contributed by atoms with Gasteiger partial charge in [0.1, 0.15) is 12.7 Å². The quantitative estimate of drug-likeness (QED) is 0.437. The van der Waals surface area contributed by atoms with Gasteiger partial charge < -0.3 is 33.3 Å². The fourth-order valence-electron chi connectivity index (χ4n) is 4.58. The first kappa shape index (κ1) is 24.1. The number of benzene rings is 1. The third kappa shape index (κ3) is 4.90. The number of allylic oxidation sites excluding steroid dienone is 1. The number of rotatable bonds is 7. The van der Waals surface area contributed by atoms with Crippen molar-refractivity contribution in [2.45, 2.75) is 44.7 Å². The summed E-state index contributed by atoms with van der Waals surface area (Å²) < 4.78 is 33.7. The molecule has 0 radical (unpaired) electrons.